The molecule has 1 aliphatic heterocycles. The predicted octanol–water partition coefficient (Wildman–Crippen LogP) is 4.21. The van der Waals surface area contributed by atoms with Gasteiger partial charge in [-0.1, -0.05) is 24.3 Å². The van der Waals surface area contributed by atoms with E-state index in [4.69, 9.17) is 4.74 Å². The van der Waals surface area contributed by atoms with Crippen LogP contribution in [0.2, 0.25) is 0 Å². The molecule has 4 heteroatoms. The van der Waals surface area contributed by atoms with Gasteiger partial charge in [0.1, 0.15) is 11.6 Å². The van der Waals surface area contributed by atoms with Crippen molar-refractivity contribution in [3.63, 3.8) is 0 Å². The maximum Gasteiger partial charge on any atom is 0.247 e. The van der Waals surface area contributed by atoms with Crippen molar-refractivity contribution in [1.29, 1.82) is 0 Å². The Labute approximate surface area is 141 Å². The zero-order valence-electron chi connectivity index (χ0n) is 13.6. The molecular weight excluding hydrogens is 305 g/mol. The average Bonchev–Trinajstić information content (AvgIpc) is 3.09. The molecular formula is C20H20FNO2. The fraction of sp³-hybridized carbons (Fsp3) is 0.250. The SMILES string of the molecule is COc1ccc([C@@H]2CCCN2C(=O)/C=C/c2cccc(F)c2)cc1. The van der Waals surface area contributed by atoms with Crippen LogP contribution in [0, 0.1) is 5.82 Å². The third kappa shape index (κ3) is 3.65. The number of hydrogen-bond donors (Lipinski definition) is 0. The molecule has 1 fully saturated rings. The minimum absolute atomic E-state index is 0.0439. The first-order chi connectivity index (χ1) is 11.7. The molecule has 3 rings (SSSR count). The number of hydrogen-bond acceptors (Lipinski definition) is 2. The summed E-state index contributed by atoms with van der Waals surface area (Å²) in [6.45, 7) is 0.739. The minimum Gasteiger partial charge on any atom is -0.497 e. The molecule has 0 radical (unpaired) electrons. The molecule has 0 N–H and O–H groups in total. The second-order valence-electron chi connectivity index (χ2n) is 5.85. The summed E-state index contributed by atoms with van der Waals surface area (Å²) in [6.07, 6.45) is 5.12. The fourth-order valence-corrected chi connectivity index (χ4v) is 3.08. The number of amides is 1. The van der Waals surface area contributed by atoms with E-state index in [0.717, 1.165) is 30.7 Å². The molecule has 1 heterocycles. The van der Waals surface area contributed by atoms with E-state index in [9.17, 15) is 9.18 Å². The van der Waals surface area contributed by atoms with E-state index in [0.29, 0.717) is 5.56 Å². The molecule has 0 spiro atoms. The zero-order chi connectivity index (χ0) is 16.9. The summed E-state index contributed by atoms with van der Waals surface area (Å²) in [7, 11) is 1.64. The van der Waals surface area contributed by atoms with Crippen molar-refractivity contribution in [1.82, 2.24) is 4.90 Å². The highest BCUT2D eigenvalue weighted by molar-refractivity contribution is 5.92. The van der Waals surface area contributed by atoms with Gasteiger partial charge in [-0.25, -0.2) is 4.39 Å². The normalized spacial score (nSPS) is 17.4. The first-order valence-electron chi connectivity index (χ1n) is 8.05. The van der Waals surface area contributed by atoms with Crippen molar-refractivity contribution >= 4 is 12.0 Å². The summed E-state index contributed by atoms with van der Waals surface area (Å²) in [5.41, 5.74) is 1.80. The number of likely N-dealkylation sites (tertiary alicyclic amines) is 1. The van der Waals surface area contributed by atoms with Gasteiger partial charge in [-0.2, -0.15) is 0 Å². The van der Waals surface area contributed by atoms with Gasteiger partial charge in [0.05, 0.1) is 13.2 Å². The van der Waals surface area contributed by atoms with Crippen molar-refractivity contribution in [3.05, 3.63) is 71.6 Å². The Kier molecular flexibility index (Phi) is 4.94. The topological polar surface area (TPSA) is 29.5 Å². The van der Waals surface area contributed by atoms with Crippen LogP contribution in [0.15, 0.2) is 54.6 Å². The van der Waals surface area contributed by atoms with Crippen LogP contribution < -0.4 is 4.74 Å². The van der Waals surface area contributed by atoms with E-state index in [1.54, 1.807) is 25.3 Å². The van der Waals surface area contributed by atoms with Crippen molar-refractivity contribution < 1.29 is 13.9 Å². The molecule has 1 aliphatic rings. The van der Waals surface area contributed by atoms with Gasteiger partial charge < -0.3 is 9.64 Å². The van der Waals surface area contributed by atoms with E-state index < -0.39 is 0 Å². The molecule has 24 heavy (non-hydrogen) atoms. The van der Waals surface area contributed by atoms with Crippen molar-refractivity contribution in [2.45, 2.75) is 18.9 Å². The van der Waals surface area contributed by atoms with Crippen LogP contribution in [0.25, 0.3) is 6.08 Å². The third-order valence-electron chi connectivity index (χ3n) is 4.30. The molecule has 1 atom stereocenters. The minimum atomic E-state index is -0.304. The largest absolute Gasteiger partial charge is 0.497 e. The summed E-state index contributed by atoms with van der Waals surface area (Å²) in [5, 5.41) is 0. The van der Waals surface area contributed by atoms with Gasteiger partial charge in [-0.3, -0.25) is 4.79 Å². The highest BCUT2D eigenvalue weighted by Crippen LogP contribution is 2.33. The number of nitrogens with zero attached hydrogens (tertiary/aromatic N) is 1. The van der Waals surface area contributed by atoms with Crippen LogP contribution in [0.3, 0.4) is 0 Å². The zero-order valence-corrected chi connectivity index (χ0v) is 13.6. The number of ether oxygens (including phenoxy) is 1. The van der Waals surface area contributed by atoms with Crippen LogP contribution in [0.4, 0.5) is 4.39 Å². The Balaban J connectivity index is 1.73. The van der Waals surface area contributed by atoms with Gasteiger partial charge in [0.15, 0.2) is 0 Å². The highest BCUT2D eigenvalue weighted by atomic mass is 19.1. The molecule has 1 amide bonds. The molecule has 0 bridgehead atoms. The molecule has 2 aromatic rings. The number of carbonyl (C=O) groups excluding carboxylic acids is 1. The fourth-order valence-electron chi connectivity index (χ4n) is 3.08. The monoisotopic (exact) mass is 325 g/mol. The van der Waals surface area contributed by atoms with Crippen LogP contribution in [-0.2, 0) is 4.79 Å². The molecule has 124 valence electrons. The standard InChI is InChI=1S/C20H20FNO2/c1-24-18-10-8-16(9-11-18)19-6-3-13-22(19)20(23)12-7-15-4-2-5-17(21)14-15/h2,4-5,7-12,14,19H,3,6,13H2,1H3/b12-7+/t19-/m0/s1. The van der Waals surface area contributed by atoms with Crippen molar-refractivity contribution in [2.75, 3.05) is 13.7 Å². The Bertz CT molecular complexity index is 740. The number of benzene rings is 2. The first kappa shape index (κ1) is 16.2. The van der Waals surface area contributed by atoms with Crippen LogP contribution in [0.5, 0.6) is 5.75 Å². The molecule has 0 unspecified atom stereocenters. The number of carbonyl (C=O) groups is 1. The van der Waals surface area contributed by atoms with Gasteiger partial charge in [-0.05, 0) is 54.3 Å². The van der Waals surface area contributed by atoms with Gasteiger partial charge >= 0.3 is 0 Å². The molecule has 3 nitrogen and oxygen atoms in total. The summed E-state index contributed by atoms with van der Waals surface area (Å²) in [5.74, 6) is 0.458. The van der Waals surface area contributed by atoms with E-state index in [-0.39, 0.29) is 17.8 Å². The Morgan fingerprint density at radius 2 is 2.04 bits per heavy atom. The Morgan fingerprint density at radius 3 is 2.75 bits per heavy atom. The van der Waals surface area contributed by atoms with E-state index in [1.807, 2.05) is 29.2 Å². The summed E-state index contributed by atoms with van der Waals surface area (Å²) in [4.78, 5) is 14.4. The lowest BCUT2D eigenvalue weighted by Gasteiger charge is -2.24. The van der Waals surface area contributed by atoms with E-state index in [2.05, 4.69) is 0 Å². The van der Waals surface area contributed by atoms with E-state index >= 15 is 0 Å². The molecule has 0 aliphatic carbocycles. The average molecular weight is 325 g/mol. The number of rotatable bonds is 4. The lowest BCUT2D eigenvalue weighted by Crippen LogP contribution is -2.28. The second kappa shape index (κ2) is 7.30. The first-order valence-corrected chi connectivity index (χ1v) is 8.05. The predicted molar refractivity (Wildman–Crippen MR) is 92.1 cm³/mol. The smallest absolute Gasteiger partial charge is 0.247 e. The lowest BCUT2D eigenvalue weighted by molar-refractivity contribution is -0.126. The number of methoxy groups -OCH3 is 1. The van der Waals surface area contributed by atoms with Crippen molar-refractivity contribution in [2.24, 2.45) is 0 Å². The van der Waals surface area contributed by atoms with E-state index in [1.165, 1.54) is 18.2 Å². The lowest BCUT2D eigenvalue weighted by atomic mass is 10.0. The second-order valence-corrected chi connectivity index (χ2v) is 5.85. The summed E-state index contributed by atoms with van der Waals surface area (Å²) in [6, 6.07) is 14.1. The maximum atomic E-state index is 13.2. The summed E-state index contributed by atoms with van der Waals surface area (Å²) >= 11 is 0. The summed E-state index contributed by atoms with van der Waals surface area (Å²) < 4.78 is 18.4. The Morgan fingerprint density at radius 1 is 1.25 bits per heavy atom. The van der Waals surface area contributed by atoms with Crippen LogP contribution in [-0.4, -0.2) is 24.5 Å². The van der Waals surface area contributed by atoms with Gasteiger partial charge in [0, 0.05) is 12.6 Å². The highest BCUT2D eigenvalue weighted by Gasteiger charge is 2.28. The van der Waals surface area contributed by atoms with Crippen LogP contribution in [0.1, 0.15) is 30.0 Å². The Hall–Kier alpha value is -2.62. The van der Waals surface area contributed by atoms with Gasteiger partial charge in [0.2, 0.25) is 5.91 Å². The molecule has 2 aromatic carbocycles. The van der Waals surface area contributed by atoms with Gasteiger partial charge in [-0.15, -0.1) is 0 Å². The van der Waals surface area contributed by atoms with Crippen LogP contribution >= 0.6 is 0 Å². The molecule has 1 saturated heterocycles. The molecule has 0 aromatic heterocycles. The van der Waals surface area contributed by atoms with Gasteiger partial charge in [0.25, 0.3) is 0 Å². The third-order valence-corrected chi connectivity index (χ3v) is 4.30. The maximum absolute atomic E-state index is 13.2. The molecule has 0 saturated carbocycles. The quantitative estimate of drug-likeness (QED) is 0.788. The van der Waals surface area contributed by atoms with Crippen molar-refractivity contribution in [3.8, 4) is 5.75 Å². The number of halogens is 1.